The Bertz CT molecular complexity index is 424. The Hall–Kier alpha value is -1.61. The van der Waals surface area contributed by atoms with Gasteiger partial charge in [-0.05, 0) is 23.6 Å². The molecule has 1 aromatic carbocycles. The minimum Gasteiger partial charge on any atom is -0.287 e. The lowest BCUT2D eigenvalue weighted by atomic mass is 10.0. The van der Waals surface area contributed by atoms with Gasteiger partial charge in [-0.25, -0.2) is 5.43 Å². The first-order valence-electron chi connectivity index (χ1n) is 5.63. The van der Waals surface area contributed by atoms with Crippen LogP contribution in [0.3, 0.4) is 0 Å². The van der Waals surface area contributed by atoms with E-state index in [0.717, 1.165) is 24.0 Å². The van der Waals surface area contributed by atoms with Crippen molar-refractivity contribution in [2.24, 2.45) is 0 Å². The molecule has 0 aliphatic carbocycles. The number of carbonyl (C=O) groups is 1. The van der Waals surface area contributed by atoms with E-state index in [2.05, 4.69) is 29.9 Å². The molecule has 0 saturated carbocycles. The molecule has 0 spiro atoms. The number of nitrogens with one attached hydrogen (secondary N) is 2. The standard InChI is InChI=1S/C13H16N2O/c1-2-5-10-6-3-4-7-11(10)8-12-9-14-15-13(12)16/h3-4,6-8,14H,2,5,9H2,1H3,(H,15,16)/b12-8+. The minimum atomic E-state index is -0.0219. The Morgan fingerprint density at radius 2 is 2.19 bits per heavy atom. The summed E-state index contributed by atoms with van der Waals surface area (Å²) in [7, 11) is 0. The molecule has 0 radical (unpaired) electrons. The fraction of sp³-hybridized carbons (Fsp3) is 0.308. The van der Waals surface area contributed by atoms with E-state index in [1.165, 1.54) is 5.56 Å². The third kappa shape index (κ3) is 2.31. The first-order valence-corrected chi connectivity index (χ1v) is 5.63. The molecule has 0 atom stereocenters. The average Bonchev–Trinajstić information content (AvgIpc) is 2.68. The molecule has 1 saturated heterocycles. The van der Waals surface area contributed by atoms with Gasteiger partial charge in [0.1, 0.15) is 0 Å². The zero-order valence-corrected chi connectivity index (χ0v) is 9.42. The van der Waals surface area contributed by atoms with Gasteiger partial charge in [-0.15, -0.1) is 0 Å². The largest absolute Gasteiger partial charge is 0.287 e. The lowest BCUT2D eigenvalue weighted by Gasteiger charge is -2.04. The number of hydrogen-bond donors (Lipinski definition) is 2. The topological polar surface area (TPSA) is 41.1 Å². The second-order valence-electron chi connectivity index (χ2n) is 3.93. The molecule has 1 heterocycles. The Labute approximate surface area is 95.5 Å². The summed E-state index contributed by atoms with van der Waals surface area (Å²) < 4.78 is 0. The van der Waals surface area contributed by atoms with E-state index < -0.39 is 0 Å². The van der Waals surface area contributed by atoms with E-state index in [0.29, 0.717) is 6.54 Å². The molecule has 1 aliphatic heterocycles. The van der Waals surface area contributed by atoms with Gasteiger partial charge >= 0.3 is 0 Å². The Morgan fingerprint density at radius 3 is 2.88 bits per heavy atom. The molecule has 3 heteroatoms. The molecule has 2 N–H and O–H groups in total. The molecule has 2 rings (SSSR count). The van der Waals surface area contributed by atoms with Crippen LogP contribution in [0.25, 0.3) is 6.08 Å². The van der Waals surface area contributed by atoms with Crippen molar-refractivity contribution in [2.45, 2.75) is 19.8 Å². The van der Waals surface area contributed by atoms with Crippen LogP contribution in [0.15, 0.2) is 29.8 Å². The number of benzene rings is 1. The summed E-state index contributed by atoms with van der Waals surface area (Å²) >= 11 is 0. The molecule has 0 bridgehead atoms. The van der Waals surface area contributed by atoms with Crippen molar-refractivity contribution in [3.8, 4) is 0 Å². The molecule has 0 unspecified atom stereocenters. The third-order valence-electron chi connectivity index (χ3n) is 2.68. The van der Waals surface area contributed by atoms with Crippen LogP contribution in [0.5, 0.6) is 0 Å². The van der Waals surface area contributed by atoms with Gasteiger partial charge in [-0.3, -0.25) is 10.2 Å². The van der Waals surface area contributed by atoms with E-state index in [1.807, 2.05) is 18.2 Å². The molecular weight excluding hydrogens is 200 g/mol. The van der Waals surface area contributed by atoms with Crippen molar-refractivity contribution in [2.75, 3.05) is 6.54 Å². The number of hydrogen-bond acceptors (Lipinski definition) is 2. The van der Waals surface area contributed by atoms with Gasteiger partial charge in [0.15, 0.2) is 0 Å². The van der Waals surface area contributed by atoms with Crippen molar-refractivity contribution >= 4 is 12.0 Å². The zero-order chi connectivity index (χ0) is 11.4. The molecule has 1 aromatic rings. The van der Waals surface area contributed by atoms with Crippen LogP contribution in [0, 0.1) is 0 Å². The first-order chi connectivity index (χ1) is 7.81. The summed E-state index contributed by atoms with van der Waals surface area (Å²) in [5.74, 6) is -0.0219. The number of rotatable bonds is 3. The Morgan fingerprint density at radius 1 is 1.38 bits per heavy atom. The first kappa shape index (κ1) is 10.9. The maximum atomic E-state index is 11.4. The lowest BCUT2D eigenvalue weighted by molar-refractivity contribution is -0.116. The predicted octanol–water partition coefficient (Wildman–Crippen LogP) is 1.66. The molecule has 16 heavy (non-hydrogen) atoms. The second-order valence-corrected chi connectivity index (χ2v) is 3.93. The molecule has 84 valence electrons. The van der Waals surface area contributed by atoms with Crippen LogP contribution < -0.4 is 10.9 Å². The van der Waals surface area contributed by atoms with Crippen LogP contribution >= 0.6 is 0 Å². The molecule has 1 amide bonds. The highest BCUT2D eigenvalue weighted by molar-refractivity contribution is 5.99. The van der Waals surface area contributed by atoms with E-state index in [-0.39, 0.29) is 5.91 Å². The van der Waals surface area contributed by atoms with E-state index in [9.17, 15) is 4.79 Å². The van der Waals surface area contributed by atoms with Crippen LogP contribution in [0.4, 0.5) is 0 Å². The van der Waals surface area contributed by atoms with E-state index >= 15 is 0 Å². The van der Waals surface area contributed by atoms with Gasteiger partial charge in [0.05, 0.1) is 0 Å². The third-order valence-corrected chi connectivity index (χ3v) is 2.68. The Balaban J connectivity index is 2.29. The number of amides is 1. The zero-order valence-electron chi connectivity index (χ0n) is 9.42. The van der Waals surface area contributed by atoms with Gasteiger partial charge in [-0.2, -0.15) is 0 Å². The number of hydrazine groups is 1. The second kappa shape index (κ2) is 4.94. The Kier molecular flexibility index (Phi) is 3.37. The highest BCUT2D eigenvalue weighted by Crippen LogP contribution is 2.15. The summed E-state index contributed by atoms with van der Waals surface area (Å²) in [6.45, 7) is 2.76. The molecule has 0 aromatic heterocycles. The van der Waals surface area contributed by atoms with Crippen molar-refractivity contribution < 1.29 is 4.79 Å². The summed E-state index contributed by atoms with van der Waals surface area (Å²) in [6.07, 6.45) is 4.14. The normalized spacial score (nSPS) is 17.8. The molecular formula is C13H16N2O. The van der Waals surface area contributed by atoms with Crippen LogP contribution in [0.2, 0.25) is 0 Å². The van der Waals surface area contributed by atoms with Gasteiger partial charge in [-0.1, -0.05) is 37.6 Å². The maximum absolute atomic E-state index is 11.4. The fourth-order valence-corrected chi connectivity index (χ4v) is 1.86. The van der Waals surface area contributed by atoms with Gasteiger partial charge in [0.2, 0.25) is 0 Å². The predicted molar refractivity (Wildman–Crippen MR) is 64.6 cm³/mol. The van der Waals surface area contributed by atoms with Crippen molar-refractivity contribution in [1.82, 2.24) is 10.9 Å². The molecule has 1 fully saturated rings. The average molecular weight is 216 g/mol. The monoisotopic (exact) mass is 216 g/mol. The minimum absolute atomic E-state index is 0.0219. The van der Waals surface area contributed by atoms with Gasteiger partial charge in [0.25, 0.3) is 5.91 Å². The highest BCUT2D eigenvalue weighted by atomic mass is 16.2. The summed E-state index contributed by atoms with van der Waals surface area (Å²) in [5.41, 5.74) is 8.66. The smallest absolute Gasteiger partial charge is 0.262 e. The number of aryl methyl sites for hydroxylation is 1. The van der Waals surface area contributed by atoms with E-state index in [1.54, 1.807) is 0 Å². The van der Waals surface area contributed by atoms with Gasteiger partial charge in [0, 0.05) is 12.1 Å². The van der Waals surface area contributed by atoms with Crippen LogP contribution in [-0.4, -0.2) is 12.5 Å². The summed E-state index contributed by atoms with van der Waals surface area (Å²) in [6, 6.07) is 8.23. The van der Waals surface area contributed by atoms with E-state index in [4.69, 9.17) is 0 Å². The molecule has 1 aliphatic rings. The van der Waals surface area contributed by atoms with Crippen LogP contribution in [-0.2, 0) is 11.2 Å². The SMILES string of the molecule is CCCc1ccccc1/C=C1\CNNC1=O. The van der Waals surface area contributed by atoms with Crippen LogP contribution in [0.1, 0.15) is 24.5 Å². The van der Waals surface area contributed by atoms with Crippen molar-refractivity contribution in [3.63, 3.8) is 0 Å². The number of carbonyl (C=O) groups excluding carboxylic acids is 1. The fourth-order valence-electron chi connectivity index (χ4n) is 1.86. The highest BCUT2D eigenvalue weighted by Gasteiger charge is 2.15. The lowest BCUT2D eigenvalue weighted by Crippen LogP contribution is -2.25. The summed E-state index contributed by atoms with van der Waals surface area (Å²) in [5, 5.41) is 0. The van der Waals surface area contributed by atoms with Crippen molar-refractivity contribution in [3.05, 3.63) is 41.0 Å². The van der Waals surface area contributed by atoms with Crippen molar-refractivity contribution in [1.29, 1.82) is 0 Å². The quantitative estimate of drug-likeness (QED) is 0.754. The molecule has 3 nitrogen and oxygen atoms in total. The summed E-state index contributed by atoms with van der Waals surface area (Å²) in [4.78, 5) is 11.4. The maximum Gasteiger partial charge on any atom is 0.262 e. The van der Waals surface area contributed by atoms with Gasteiger partial charge < -0.3 is 0 Å².